The molecule has 0 aliphatic heterocycles. The van der Waals surface area contributed by atoms with Crippen LogP contribution in [0, 0.1) is 28.6 Å². The number of aliphatic hydroxyl groups is 1. The highest BCUT2D eigenvalue weighted by atomic mass is 35.5. The Morgan fingerprint density at radius 2 is 2.06 bits per heavy atom. The second kappa shape index (κ2) is 9.18. The first-order valence-corrected chi connectivity index (χ1v) is 13.0. The monoisotopic (exact) mass is 486 g/mol. The van der Waals surface area contributed by atoms with Crippen LogP contribution in [0.15, 0.2) is 52.3 Å². The summed E-state index contributed by atoms with van der Waals surface area (Å²) >= 11 is 6.06. The maximum atomic E-state index is 13.3. The maximum Gasteiger partial charge on any atom is 0.375 e. The van der Waals surface area contributed by atoms with Crippen LogP contribution in [0.3, 0.4) is 0 Å². The van der Waals surface area contributed by atoms with E-state index in [-0.39, 0.29) is 40.6 Å². The molecule has 0 saturated heterocycles. The van der Waals surface area contributed by atoms with Crippen LogP contribution in [0.4, 0.5) is 0 Å². The number of halogens is 1. The Morgan fingerprint density at radius 3 is 2.74 bits per heavy atom. The number of allylic oxidation sites excluding steroid dienone is 3. The number of ether oxygens (including phenoxy) is 1. The van der Waals surface area contributed by atoms with Crippen LogP contribution in [-0.4, -0.2) is 34.4 Å². The van der Waals surface area contributed by atoms with Gasteiger partial charge < -0.3 is 14.3 Å². The van der Waals surface area contributed by atoms with Gasteiger partial charge >= 0.3 is 5.97 Å². The third-order valence-corrected chi connectivity index (χ3v) is 9.27. The summed E-state index contributed by atoms with van der Waals surface area (Å²) in [5.74, 6) is -0.724. The Morgan fingerprint density at radius 1 is 1.29 bits per heavy atom. The minimum atomic E-state index is -1.37. The summed E-state index contributed by atoms with van der Waals surface area (Å²) in [6.07, 6.45) is 10.4. The first-order chi connectivity index (χ1) is 16.3. The first kappa shape index (κ1) is 25.0. The van der Waals surface area contributed by atoms with Crippen LogP contribution in [0.1, 0.15) is 70.4 Å². The number of esters is 1. The molecule has 34 heavy (non-hydrogen) atoms. The average molecular weight is 487 g/mol. The van der Waals surface area contributed by atoms with Crippen molar-refractivity contribution in [2.45, 2.75) is 71.5 Å². The standard InChI is InChI=1S/C26H29ClO5.C2H6/c1-24-11-4-3-6-16(24)8-9-17-18-10-12-26(21(29)15-27,25(18,2)14-19(28)22(17)24)32-23(30)20-7-5-13-31-20;1-2/h3,5-7,11,13,17-19,22,28H,8-10,12,14-15H2,1-2H3;1-2H3/t17?,18?,19?,22?,24?,25?,26-;/m0./s1. The number of Topliss-reactive ketones (excluding diaryl/α,β-unsaturated/α-hetero) is 1. The van der Waals surface area contributed by atoms with E-state index in [1.165, 1.54) is 17.9 Å². The minimum absolute atomic E-state index is 0.0458. The van der Waals surface area contributed by atoms with Gasteiger partial charge in [-0.1, -0.05) is 39.3 Å². The van der Waals surface area contributed by atoms with Crippen molar-refractivity contribution < 1.29 is 23.8 Å². The van der Waals surface area contributed by atoms with Crippen molar-refractivity contribution in [1.82, 2.24) is 0 Å². The number of aliphatic hydroxyl groups excluding tert-OH is 1. The van der Waals surface area contributed by atoms with Crippen LogP contribution in [-0.2, 0) is 9.53 Å². The van der Waals surface area contributed by atoms with E-state index >= 15 is 0 Å². The summed E-state index contributed by atoms with van der Waals surface area (Å²) in [5.41, 5.74) is 2.27. The van der Waals surface area contributed by atoms with Gasteiger partial charge in [-0.15, -0.1) is 17.3 Å². The fourth-order valence-corrected chi connectivity index (χ4v) is 7.82. The van der Waals surface area contributed by atoms with Crippen LogP contribution in [0.25, 0.3) is 0 Å². The van der Waals surface area contributed by atoms with Gasteiger partial charge in [-0.25, -0.2) is 4.79 Å². The molecule has 5 rings (SSSR count). The second-order valence-electron chi connectivity index (χ2n) is 10.3. The highest BCUT2D eigenvalue weighted by Crippen LogP contribution is 2.67. The third kappa shape index (κ3) is 3.47. The fourth-order valence-electron chi connectivity index (χ4n) is 7.61. The lowest BCUT2D eigenvalue weighted by Crippen LogP contribution is -2.62. The molecule has 1 aromatic rings. The van der Waals surface area contributed by atoms with Gasteiger partial charge in [0.25, 0.3) is 0 Å². The number of furan rings is 1. The van der Waals surface area contributed by atoms with E-state index in [1.807, 2.05) is 26.8 Å². The van der Waals surface area contributed by atoms with Crippen molar-refractivity contribution in [3.8, 4) is 0 Å². The van der Waals surface area contributed by atoms with Crippen molar-refractivity contribution >= 4 is 23.4 Å². The predicted octanol–water partition coefficient (Wildman–Crippen LogP) is 5.87. The van der Waals surface area contributed by atoms with Gasteiger partial charge in [0.05, 0.1) is 18.2 Å². The molecule has 5 nitrogen and oxygen atoms in total. The number of rotatable bonds is 4. The molecule has 1 N–H and O–H groups in total. The van der Waals surface area contributed by atoms with Crippen LogP contribution in [0.5, 0.6) is 0 Å². The van der Waals surface area contributed by atoms with Gasteiger partial charge in [-0.05, 0) is 68.2 Å². The molecule has 1 heterocycles. The number of alkyl halides is 1. The number of carbonyl (C=O) groups excluding carboxylic acids is 2. The zero-order valence-electron chi connectivity index (χ0n) is 20.5. The second-order valence-corrected chi connectivity index (χ2v) is 10.5. The predicted molar refractivity (Wildman–Crippen MR) is 130 cm³/mol. The first-order valence-electron chi connectivity index (χ1n) is 12.4. The minimum Gasteiger partial charge on any atom is -0.457 e. The van der Waals surface area contributed by atoms with E-state index < -0.39 is 23.1 Å². The number of fused-ring (bicyclic) bond motifs is 5. The number of hydrogen-bond donors (Lipinski definition) is 1. The molecule has 4 aliphatic rings. The fraction of sp³-hybridized carbons (Fsp3) is 0.607. The van der Waals surface area contributed by atoms with E-state index in [0.717, 1.165) is 19.3 Å². The van der Waals surface area contributed by atoms with Crippen LogP contribution >= 0.6 is 11.6 Å². The van der Waals surface area contributed by atoms with E-state index in [4.69, 9.17) is 20.8 Å². The summed E-state index contributed by atoms with van der Waals surface area (Å²) in [7, 11) is 0. The van der Waals surface area contributed by atoms with E-state index in [0.29, 0.717) is 12.8 Å². The molecule has 4 aliphatic carbocycles. The molecule has 0 spiro atoms. The average Bonchev–Trinajstić information content (AvgIpc) is 3.46. The molecule has 0 amide bonds. The van der Waals surface area contributed by atoms with E-state index in [1.54, 1.807) is 6.07 Å². The molecular weight excluding hydrogens is 452 g/mol. The Labute approximate surface area is 206 Å². The molecule has 0 aromatic carbocycles. The summed E-state index contributed by atoms with van der Waals surface area (Å²) in [4.78, 5) is 26.2. The summed E-state index contributed by atoms with van der Waals surface area (Å²) in [5, 5.41) is 11.5. The van der Waals surface area contributed by atoms with E-state index in [9.17, 15) is 14.7 Å². The number of ketones is 1. The summed E-state index contributed by atoms with van der Waals surface area (Å²) in [6, 6.07) is 3.14. The van der Waals surface area contributed by atoms with Crippen molar-refractivity contribution in [2.75, 3.05) is 5.88 Å². The number of hydrogen-bond acceptors (Lipinski definition) is 5. The van der Waals surface area contributed by atoms with Crippen LogP contribution < -0.4 is 0 Å². The van der Waals surface area contributed by atoms with Gasteiger partial charge in [-0.3, -0.25) is 4.79 Å². The SMILES string of the molecule is CC.CC12C=C=CC=C1CCC1C2C(O)CC2(C)C1CC[C@]2(OC(=O)c1ccco1)C(=O)CCl. The van der Waals surface area contributed by atoms with Gasteiger partial charge in [0.1, 0.15) is 0 Å². The normalized spacial score (nSPS) is 39.6. The molecule has 3 fully saturated rings. The smallest absolute Gasteiger partial charge is 0.375 e. The molecule has 0 radical (unpaired) electrons. The molecule has 1 aromatic heterocycles. The van der Waals surface area contributed by atoms with Crippen LogP contribution in [0.2, 0.25) is 0 Å². The largest absolute Gasteiger partial charge is 0.457 e. The molecule has 6 heteroatoms. The molecule has 6 unspecified atom stereocenters. The lowest BCUT2D eigenvalue weighted by Gasteiger charge is -2.59. The lowest BCUT2D eigenvalue weighted by molar-refractivity contribution is -0.176. The quantitative estimate of drug-likeness (QED) is 0.327. The molecule has 184 valence electrons. The summed E-state index contributed by atoms with van der Waals surface area (Å²) in [6.45, 7) is 8.21. The topological polar surface area (TPSA) is 76.7 Å². The summed E-state index contributed by atoms with van der Waals surface area (Å²) < 4.78 is 11.2. The van der Waals surface area contributed by atoms with Gasteiger partial charge in [0, 0.05) is 16.7 Å². The van der Waals surface area contributed by atoms with Crippen molar-refractivity contribution in [2.24, 2.45) is 28.6 Å². The maximum absolute atomic E-state index is 13.3. The van der Waals surface area contributed by atoms with E-state index in [2.05, 4.69) is 24.8 Å². The Balaban J connectivity index is 0.00000133. The lowest BCUT2D eigenvalue weighted by atomic mass is 9.46. The zero-order valence-corrected chi connectivity index (χ0v) is 21.2. The Kier molecular flexibility index (Phi) is 6.76. The number of carbonyl (C=O) groups is 2. The molecule has 3 saturated carbocycles. The molecule has 0 bridgehead atoms. The zero-order chi connectivity index (χ0) is 24.7. The molecular formula is C28H35ClO5. The van der Waals surface area contributed by atoms with Crippen molar-refractivity contribution in [1.29, 1.82) is 0 Å². The third-order valence-electron chi connectivity index (χ3n) is 9.03. The Hall–Kier alpha value is -2.07. The van der Waals surface area contributed by atoms with Gasteiger partial charge in [0.15, 0.2) is 11.4 Å². The molecule has 7 atom stereocenters. The van der Waals surface area contributed by atoms with Crippen molar-refractivity contribution in [3.63, 3.8) is 0 Å². The van der Waals surface area contributed by atoms with Gasteiger partial charge in [0.2, 0.25) is 5.76 Å². The Bertz CT molecular complexity index is 1040. The highest BCUT2D eigenvalue weighted by molar-refractivity contribution is 6.29. The van der Waals surface area contributed by atoms with Crippen molar-refractivity contribution in [3.05, 3.63) is 53.7 Å². The van der Waals surface area contributed by atoms with Gasteiger partial charge in [-0.2, -0.15) is 0 Å². The highest BCUT2D eigenvalue weighted by Gasteiger charge is 2.70.